The van der Waals surface area contributed by atoms with Crippen molar-refractivity contribution in [2.75, 3.05) is 18.5 Å². The first-order valence-electron chi connectivity index (χ1n) is 8.01. The van der Waals surface area contributed by atoms with Gasteiger partial charge in [-0.1, -0.05) is 33.8 Å². The maximum atomic E-state index is 9.52. The Morgan fingerprint density at radius 1 is 1.24 bits per heavy atom. The molecule has 0 saturated heterocycles. The molecule has 0 aliphatic heterocycles. The van der Waals surface area contributed by atoms with Gasteiger partial charge in [0.2, 0.25) is 0 Å². The monoisotopic (exact) mass is 287 g/mol. The smallest absolute Gasteiger partial charge is 0.101 e. The van der Waals surface area contributed by atoms with Crippen LogP contribution in [0.25, 0.3) is 0 Å². The van der Waals surface area contributed by atoms with Crippen LogP contribution in [0.1, 0.15) is 51.7 Å². The minimum atomic E-state index is 0.495. The molecule has 0 unspecified atom stereocenters. The SMILES string of the molecule is CCC(CC)N(CC(C)C)c1ccc(CNC)cc1C#N. The van der Waals surface area contributed by atoms with E-state index >= 15 is 0 Å². The number of rotatable bonds is 8. The molecule has 0 aliphatic carbocycles. The summed E-state index contributed by atoms with van der Waals surface area (Å²) >= 11 is 0. The van der Waals surface area contributed by atoms with E-state index in [4.69, 9.17) is 0 Å². The van der Waals surface area contributed by atoms with Crippen LogP contribution in [0.2, 0.25) is 0 Å². The van der Waals surface area contributed by atoms with Crippen molar-refractivity contribution in [3.8, 4) is 6.07 Å². The van der Waals surface area contributed by atoms with Crippen LogP contribution in [-0.4, -0.2) is 19.6 Å². The summed E-state index contributed by atoms with van der Waals surface area (Å²) in [7, 11) is 1.93. The van der Waals surface area contributed by atoms with Crippen LogP contribution >= 0.6 is 0 Å². The van der Waals surface area contributed by atoms with Crippen LogP contribution in [0, 0.1) is 17.2 Å². The molecule has 1 aromatic rings. The normalized spacial score (nSPS) is 11.0. The molecule has 0 saturated carbocycles. The average molecular weight is 287 g/mol. The Morgan fingerprint density at radius 3 is 2.38 bits per heavy atom. The van der Waals surface area contributed by atoms with E-state index in [9.17, 15) is 5.26 Å². The highest BCUT2D eigenvalue weighted by atomic mass is 15.2. The van der Waals surface area contributed by atoms with Crippen molar-refractivity contribution in [3.63, 3.8) is 0 Å². The molecule has 0 bridgehead atoms. The molecule has 3 heteroatoms. The van der Waals surface area contributed by atoms with Gasteiger partial charge in [-0.3, -0.25) is 0 Å². The first kappa shape index (κ1) is 17.5. The lowest BCUT2D eigenvalue weighted by Gasteiger charge is -2.35. The number of nitrogens with zero attached hydrogens (tertiary/aromatic N) is 2. The van der Waals surface area contributed by atoms with E-state index in [-0.39, 0.29) is 0 Å². The lowest BCUT2D eigenvalue weighted by Crippen LogP contribution is -2.37. The van der Waals surface area contributed by atoms with Crippen LogP contribution in [0.15, 0.2) is 18.2 Å². The Kier molecular flexibility index (Phi) is 7.25. The second-order valence-corrected chi connectivity index (χ2v) is 6.01. The maximum Gasteiger partial charge on any atom is 0.101 e. The molecule has 1 aromatic carbocycles. The zero-order chi connectivity index (χ0) is 15.8. The molecule has 0 heterocycles. The summed E-state index contributed by atoms with van der Waals surface area (Å²) in [6.07, 6.45) is 2.21. The van der Waals surface area contributed by atoms with Crippen molar-refractivity contribution in [3.05, 3.63) is 29.3 Å². The largest absolute Gasteiger partial charge is 0.367 e. The summed E-state index contributed by atoms with van der Waals surface area (Å²) in [5.74, 6) is 0.578. The number of hydrogen-bond acceptors (Lipinski definition) is 3. The Hall–Kier alpha value is -1.53. The van der Waals surface area contributed by atoms with Crippen molar-refractivity contribution in [1.29, 1.82) is 5.26 Å². The Balaban J connectivity index is 3.20. The van der Waals surface area contributed by atoms with Gasteiger partial charge in [-0.25, -0.2) is 0 Å². The van der Waals surface area contributed by atoms with Crippen molar-refractivity contribution in [2.24, 2.45) is 5.92 Å². The molecule has 0 atom stereocenters. The van der Waals surface area contributed by atoms with Gasteiger partial charge >= 0.3 is 0 Å². The summed E-state index contributed by atoms with van der Waals surface area (Å²) in [5, 5.41) is 12.7. The molecule has 0 spiro atoms. The molecule has 1 rings (SSSR count). The highest BCUT2D eigenvalue weighted by Gasteiger charge is 2.19. The molecule has 21 heavy (non-hydrogen) atoms. The highest BCUT2D eigenvalue weighted by Crippen LogP contribution is 2.26. The van der Waals surface area contributed by atoms with Crippen LogP contribution < -0.4 is 10.2 Å². The molecule has 1 N–H and O–H groups in total. The van der Waals surface area contributed by atoms with E-state index in [1.54, 1.807) is 0 Å². The predicted molar refractivity (Wildman–Crippen MR) is 90.5 cm³/mol. The maximum absolute atomic E-state index is 9.52. The number of hydrogen-bond donors (Lipinski definition) is 1. The van der Waals surface area contributed by atoms with Gasteiger partial charge in [0.25, 0.3) is 0 Å². The second-order valence-electron chi connectivity index (χ2n) is 6.01. The average Bonchev–Trinajstić information content (AvgIpc) is 2.47. The number of benzene rings is 1. The minimum Gasteiger partial charge on any atom is -0.367 e. The Labute approximate surface area is 130 Å². The third kappa shape index (κ3) is 4.75. The fraction of sp³-hybridized carbons (Fsp3) is 0.611. The van der Waals surface area contributed by atoms with Crippen LogP contribution in [0.3, 0.4) is 0 Å². The van der Waals surface area contributed by atoms with Gasteiger partial charge in [0.15, 0.2) is 0 Å². The van der Waals surface area contributed by atoms with Crippen molar-refractivity contribution >= 4 is 5.69 Å². The predicted octanol–water partition coefficient (Wildman–Crippen LogP) is 3.93. The fourth-order valence-corrected chi connectivity index (χ4v) is 2.80. The lowest BCUT2D eigenvalue weighted by molar-refractivity contribution is 0.507. The molecule has 0 radical (unpaired) electrons. The summed E-state index contributed by atoms with van der Waals surface area (Å²) in [4.78, 5) is 2.42. The molecule has 0 fully saturated rings. The molecule has 0 amide bonds. The summed E-state index contributed by atoms with van der Waals surface area (Å²) in [5.41, 5.74) is 3.03. The first-order chi connectivity index (χ1) is 10.1. The standard InChI is InChI=1S/C18H29N3/c1-6-17(7-2)21(13-14(3)4)18-9-8-15(12-20-5)10-16(18)11-19/h8-10,14,17,20H,6-7,12-13H2,1-5H3. The van der Waals surface area contributed by atoms with Gasteiger partial charge in [0, 0.05) is 19.1 Å². The molecule has 3 nitrogen and oxygen atoms in total. The van der Waals surface area contributed by atoms with Gasteiger partial charge in [0.05, 0.1) is 11.3 Å². The van der Waals surface area contributed by atoms with E-state index in [2.05, 4.69) is 56.1 Å². The zero-order valence-corrected chi connectivity index (χ0v) is 14.1. The van der Waals surface area contributed by atoms with Crippen LogP contribution in [-0.2, 0) is 6.54 Å². The van der Waals surface area contributed by atoms with Crippen molar-refractivity contribution < 1.29 is 0 Å². The van der Waals surface area contributed by atoms with Crippen molar-refractivity contribution in [1.82, 2.24) is 5.32 Å². The van der Waals surface area contributed by atoms with Crippen LogP contribution in [0.5, 0.6) is 0 Å². The summed E-state index contributed by atoms with van der Waals surface area (Å²) < 4.78 is 0. The van der Waals surface area contributed by atoms with Gasteiger partial charge in [0.1, 0.15) is 6.07 Å². The van der Waals surface area contributed by atoms with Gasteiger partial charge < -0.3 is 10.2 Å². The number of nitriles is 1. The molecular weight excluding hydrogens is 258 g/mol. The van der Waals surface area contributed by atoms with Crippen LogP contribution in [0.4, 0.5) is 5.69 Å². The third-order valence-corrected chi connectivity index (χ3v) is 3.82. The van der Waals surface area contributed by atoms with E-state index in [0.29, 0.717) is 12.0 Å². The summed E-state index contributed by atoms with van der Waals surface area (Å²) in [6.45, 7) is 10.7. The van der Waals surface area contributed by atoms with Crippen molar-refractivity contribution in [2.45, 2.75) is 53.1 Å². The van der Waals surface area contributed by atoms with E-state index in [1.807, 2.05) is 13.1 Å². The molecular formula is C18H29N3. The zero-order valence-electron chi connectivity index (χ0n) is 14.1. The summed E-state index contributed by atoms with van der Waals surface area (Å²) in [6, 6.07) is 9.14. The second kappa shape index (κ2) is 8.69. The van der Waals surface area contributed by atoms with Gasteiger partial charge in [-0.15, -0.1) is 0 Å². The highest BCUT2D eigenvalue weighted by molar-refractivity contribution is 5.61. The quantitative estimate of drug-likeness (QED) is 0.787. The molecule has 116 valence electrons. The van der Waals surface area contributed by atoms with E-state index in [0.717, 1.165) is 42.7 Å². The van der Waals surface area contributed by atoms with Gasteiger partial charge in [-0.05, 0) is 43.5 Å². The van der Waals surface area contributed by atoms with Gasteiger partial charge in [-0.2, -0.15) is 5.26 Å². The minimum absolute atomic E-state index is 0.495. The van der Waals surface area contributed by atoms with E-state index in [1.165, 1.54) is 0 Å². The lowest BCUT2D eigenvalue weighted by atomic mass is 10.0. The molecule has 0 aliphatic rings. The first-order valence-corrected chi connectivity index (χ1v) is 8.01. The number of anilines is 1. The Morgan fingerprint density at radius 2 is 1.90 bits per heavy atom. The van der Waals surface area contributed by atoms with E-state index < -0.39 is 0 Å². The molecule has 0 aromatic heterocycles. The third-order valence-electron chi connectivity index (χ3n) is 3.82. The topological polar surface area (TPSA) is 39.1 Å². The number of nitrogens with one attached hydrogen (secondary N) is 1. The Bertz CT molecular complexity index is 470. The fourth-order valence-electron chi connectivity index (χ4n) is 2.80.